The number of ether oxygens (including phenoxy) is 1. The lowest BCUT2D eigenvalue weighted by Gasteiger charge is -2.23. The topological polar surface area (TPSA) is 91.6 Å². The van der Waals surface area contributed by atoms with E-state index in [0.717, 1.165) is 0 Å². The van der Waals surface area contributed by atoms with Gasteiger partial charge in [0, 0.05) is 30.0 Å². The number of rotatable bonds is 3. The minimum Gasteiger partial charge on any atom is -0.436 e. The molecule has 1 N–H and O–H groups in total. The highest BCUT2D eigenvalue weighted by Gasteiger charge is 2.26. The summed E-state index contributed by atoms with van der Waals surface area (Å²) in [6, 6.07) is 3.05. The van der Waals surface area contributed by atoms with E-state index in [-0.39, 0.29) is 57.5 Å². The van der Waals surface area contributed by atoms with Crippen LogP contribution in [-0.2, 0) is 9.59 Å². The molecular formula is C19H17Cl2N3O4. The number of dihydropyridines is 1. The highest BCUT2D eigenvalue weighted by Crippen LogP contribution is 2.35. The van der Waals surface area contributed by atoms with Gasteiger partial charge in [-0.2, -0.15) is 5.10 Å². The lowest BCUT2D eigenvalue weighted by Crippen LogP contribution is -2.28. The molecule has 0 fully saturated rings. The molecule has 146 valence electrons. The van der Waals surface area contributed by atoms with Crippen LogP contribution in [0.5, 0.6) is 5.75 Å². The van der Waals surface area contributed by atoms with Crippen LogP contribution in [0, 0.1) is 0 Å². The minimum atomic E-state index is -0.947. The SMILES string of the molecule is C=C1CC(=O)C(c2cc(Cl)c(OC3=NCC(=O)C(C(C)O)=C3)c(Cl)c2)=NN1C. The van der Waals surface area contributed by atoms with Gasteiger partial charge in [-0.05, 0) is 19.1 Å². The molecule has 0 spiro atoms. The molecule has 0 saturated carbocycles. The van der Waals surface area contributed by atoms with Gasteiger partial charge in [-0.3, -0.25) is 14.6 Å². The van der Waals surface area contributed by atoms with Crippen LogP contribution >= 0.6 is 23.2 Å². The Bertz CT molecular complexity index is 956. The quantitative estimate of drug-likeness (QED) is 0.809. The molecule has 1 unspecified atom stereocenters. The van der Waals surface area contributed by atoms with Crippen molar-refractivity contribution in [1.82, 2.24) is 5.01 Å². The first-order valence-corrected chi connectivity index (χ1v) is 9.11. The van der Waals surface area contributed by atoms with Gasteiger partial charge in [-0.15, -0.1) is 0 Å². The van der Waals surface area contributed by atoms with Crippen LogP contribution in [0.1, 0.15) is 18.9 Å². The van der Waals surface area contributed by atoms with Gasteiger partial charge in [0.1, 0.15) is 12.3 Å². The van der Waals surface area contributed by atoms with Crippen molar-refractivity contribution in [2.24, 2.45) is 10.1 Å². The predicted octanol–water partition coefficient (Wildman–Crippen LogP) is 2.78. The van der Waals surface area contributed by atoms with Crippen molar-refractivity contribution in [2.75, 3.05) is 13.6 Å². The van der Waals surface area contributed by atoms with Gasteiger partial charge in [0.15, 0.2) is 17.3 Å². The summed E-state index contributed by atoms with van der Waals surface area (Å²) in [5.41, 5.74) is 1.46. The second-order valence-electron chi connectivity index (χ2n) is 6.36. The van der Waals surface area contributed by atoms with Crippen LogP contribution in [-0.4, -0.2) is 53.0 Å². The maximum atomic E-state index is 12.3. The van der Waals surface area contributed by atoms with E-state index in [1.807, 2.05) is 0 Å². The van der Waals surface area contributed by atoms with E-state index in [2.05, 4.69) is 16.7 Å². The maximum absolute atomic E-state index is 12.3. The van der Waals surface area contributed by atoms with Crippen LogP contribution in [0.2, 0.25) is 10.0 Å². The van der Waals surface area contributed by atoms with Gasteiger partial charge in [-0.1, -0.05) is 29.8 Å². The Balaban J connectivity index is 1.92. The lowest BCUT2D eigenvalue weighted by atomic mass is 10.0. The molecule has 1 aromatic rings. The maximum Gasteiger partial charge on any atom is 0.215 e. The van der Waals surface area contributed by atoms with Gasteiger partial charge in [0.25, 0.3) is 0 Å². The normalized spacial score (nSPS) is 18.5. The fourth-order valence-corrected chi connectivity index (χ4v) is 3.26. The summed E-state index contributed by atoms with van der Waals surface area (Å²) in [6.45, 7) is 5.12. The number of hydrogen-bond donors (Lipinski definition) is 1. The number of Topliss-reactive ketones (excluding diaryl/α,β-unsaturated/α-hetero) is 2. The summed E-state index contributed by atoms with van der Waals surface area (Å²) in [4.78, 5) is 28.1. The highest BCUT2D eigenvalue weighted by atomic mass is 35.5. The molecule has 2 aliphatic rings. The second-order valence-corrected chi connectivity index (χ2v) is 7.18. The summed E-state index contributed by atoms with van der Waals surface area (Å²) >= 11 is 12.6. The van der Waals surface area contributed by atoms with Crippen molar-refractivity contribution >= 4 is 46.4 Å². The first kappa shape index (κ1) is 20.3. The van der Waals surface area contributed by atoms with Crippen molar-refractivity contribution in [3.63, 3.8) is 0 Å². The number of aliphatic imine (C=N–C) groups is 1. The second kappa shape index (κ2) is 7.87. The number of ketones is 2. The standard InChI is InChI=1S/C19H17Cl2N3O4/c1-9-4-15(26)18(23-24(9)3)11-5-13(20)19(14(21)6-11)28-17-7-12(10(2)25)16(27)8-22-17/h5-7,10,25H,1,4,8H2,2-3H3. The molecule has 0 aliphatic carbocycles. The zero-order valence-electron chi connectivity index (χ0n) is 15.2. The van der Waals surface area contributed by atoms with E-state index in [4.69, 9.17) is 27.9 Å². The molecule has 2 aliphatic heterocycles. The third kappa shape index (κ3) is 4.01. The Morgan fingerprint density at radius 1 is 1.25 bits per heavy atom. The van der Waals surface area contributed by atoms with E-state index >= 15 is 0 Å². The molecule has 1 atom stereocenters. The zero-order chi connectivity index (χ0) is 20.6. The number of hydrazone groups is 1. The van der Waals surface area contributed by atoms with Crippen LogP contribution in [0.3, 0.4) is 0 Å². The molecule has 0 saturated heterocycles. The Hall–Kier alpha value is -2.48. The van der Waals surface area contributed by atoms with E-state index < -0.39 is 6.10 Å². The molecule has 2 heterocycles. The third-order valence-corrected chi connectivity index (χ3v) is 4.81. The van der Waals surface area contributed by atoms with Crippen molar-refractivity contribution in [1.29, 1.82) is 0 Å². The Labute approximate surface area is 171 Å². The number of nitrogens with zero attached hydrogens (tertiary/aromatic N) is 3. The fraction of sp³-hybridized carbons (Fsp3) is 0.263. The highest BCUT2D eigenvalue weighted by molar-refractivity contribution is 6.48. The van der Waals surface area contributed by atoms with Gasteiger partial charge in [0.05, 0.1) is 22.6 Å². The lowest BCUT2D eigenvalue weighted by molar-refractivity contribution is -0.115. The van der Waals surface area contributed by atoms with Crippen molar-refractivity contribution in [3.8, 4) is 5.75 Å². The molecule has 0 aromatic heterocycles. The van der Waals surface area contributed by atoms with Crippen LogP contribution in [0.4, 0.5) is 0 Å². The number of aliphatic hydroxyl groups is 1. The number of halogens is 2. The molecule has 0 bridgehead atoms. The van der Waals surface area contributed by atoms with Gasteiger partial charge < -0.3 is 9.84 Å². The first-order valence-electron chi connectivity index (χ1n) is 8.35. The van der Waals surface area contributed by atoms with Crippen LogP contribution in [0.15, 0.2) is 46.2 Å². The smallest absolute Gasteiger partial charge is 0.215 e. The monoisotopic (exact) mass is 421 g/mol. The van der Waals surface area contributed by atoms with E-state index in [1.54, 1.807) is 7.05 Å². The first-order chi connectivity index (χ1) is 13.2. The summed E-state index contributed by atoms with van der Waals surface area (Å²) < 4.78 is 5.65. The number of benzene rings is 1. The molecule has 1 aromatic carbocycles. The molecule has 9 heteroatoms. The average Bonchev–Trinajstić information content (AvgIpc) is 2.62. The van der Waals surface area contributed by atoms with E-state index in [0.29, 0.717) is 11.3 Å². The zero-order valence-corrected chi connectivity index (χ0v) is 16.7. The van der Waals surface area contributed by atoms with Crippen LogP contribution in [0.25, 0.3) is 0 Å². The molecule has 0 radical (unpaired) electrons. The number of carbonyl (C=O) groups is 2. The summed E-state index contributed by atoms with van der Waals surface area (Å²) in [7, 11) is 1.70. The number of allylic oxidation sites excluding steroid dienone is 1. The summed E-state index contributed by atoms with van der Waals surface area (Å²) in [5.74, 6) is -0.241. The minimum absolute atomic E-state index is 0.106. The largest absolute Gasteiger partial charge is 0.436 e. The summed E-state index contributed by atoms with van der Waals surface area (Å²) in [5, 5.41) is 15.7. The molecule has 28 heavy (non-hydrogen) atoms. The van der Waals surface area contributed by atoms with Crippen LogP contribution < -0.4 is 4.74 Å². The fourth-order valence-electron chi connectivity index (χ4n) is 2.69. The van der Waals surface area contributed by atoms with Crippen molar-refractivity contribution in [2.45, 2.75) is 19.4 Å². The third-order valence-electron chi connectivity index (χ3n) is 4.24. The van der Waals surface area contributed by atoms with E-state index in [9.17, 15) is 14.7 Å². The Morgan fingerprint density at radius 2 is 1.89 bits per heavy atom. The Morgan fingerprint density at radius 3 is 2.50 bits per heavy atom. The summed E-state index contributed by atoms with van der Waals surface area (Å²) in [6.07, 6.45) is 0.560. The molecule has 0 amide bonds. The molecule has 3 rings (SSSR count). The van der Waals surface area contributed by atoms with Gasteiger partial charge in [0.2, 0.25) is 5.90 Å². The van der Waals surface area contributed by atoms with Gasteiger partial charge in [-0.25, -0.2) is 4.99 Å². The number of aliphatic hydroxyl groups excluding tert-OH is 1. The Kier molecular flexibility index (Phi) is 5.69. The van der Waals surface area contributed by atoms with Crippen molar-refractivity contribution < 1.29 is 19.4 Å². The number of carbonyl (C=O) groups excluding carboxylic acids is 2. The molecular weight excluding hydrogens is 405 g/mol. The van der Waals surface area contributed by atoms with Gasteiger partial charge >= 0.3 is 0 Å². The number of hydrogen-bond acceptors (Lipinski definition) is 7. The average molecular weight is 422 g/mol. The predicted molar refractivity (Wildman–Crippen MR) is 107 cm³/mol. The van der Waals surface area contributed by atoms with Crippen molar-refractivity contribution in [3.05, 3.63) is 51.7 Å². The van der Waals surface area contributed by atoms with E-state index in [1.165, 1.54) is 30.1 Å². The molecule has 7 nitrogen and oxygen atoms in total.